The van der Waals surface area contributed by atoms with E-state index in [9.17, 15) is 4.79 Å². The second kappa shape index (κ2) is 5.22. The highest BCUT2D eigenvalue weighted by Gasteiger charge is 2.04. The smallest absolute Gasteiger partial charge is 0.230 e. The minimum atomic E-state index is 0.00216. The molecule has 0 fully saturated rings. The van der Waals surface area contributed by atoms with Gasteiger partial charge in [-0.3, -0.25) is 4.79 Å². The molecule has 0 unspecified atom stereocenters. The molecule has 76 valence electrons. The number of hydrogen-bond acceptors (Lipinski definition) is 3. The monoisotopic (exact) mass is 230 g/mol. The number of amides is 1. The van der Waals surface area contributed by atoms with Crippen molar-refractivity contribution in [2.45, 2.75) is 11.8 Å². The van der Waals surface area contributed by atoms with E-state index in [1.54, 1.807) is 19.3 Å². The number of carbonyl (C=O) groups excluding carboxylic acids is 1. The molecule has 1 heterocycles. The summed E-state index contributed by atoms with van der Waals surface area (Å²) >= 11 is 7.20. The number of carbonyl (C=O) groups is 1. The number of nitrogens with one attached hydrogen (secondary N) is 1. The van der Waals surface area contributed by atoms with Gasteiger partial charge in [0.25, 0.3) is 0 Å². The van der Waals surface area contributed by atoms with Gasteiger partial charge in [0.15, 0.2) is 0 Å². The van der Waals surface area contributed by atoms with E-state index < -0.39 is 0 Å². The quantitative estimate of drug-likeness (QED) is 0.637. The number of thioether (sulfide) groups is 1. The topological polar surface area (TPSA) is 42.0 Å². The molecule has 5 heteroatoms. The minimum absolute atomic E-state index is 0.00216. The van der Waals surface area contributed by atoms with Crippen molar-refractivity contribution in [2.24, 2.45) is 0 Å². The predicted octanol–water partition coefficient (Wildman–Crippen LogP) is 1.88. The number of nitrogens with zero attached hydrogens (tertiary/aromatic N) is 1. The van der Waals surface area contributed by atoms with Gasteiger partial charge >= 0.3 is 0 Å². The lowest BCUT2D eigenvalue weighted by molar-refractivity contribution is -0.118. The molecule has 0 aromatic carbocycles. The standard InChI is InChI=1S/C9H11ClN2OS/c1-6-4-12-8(10)3-7(6)14-5-9(13)11-2/h3-4H,5H2,1-2H3,(H,11,13). The number of pyridine rings is 1. The Labute approximate surface area is 92.2 Å². The SMILES string of the molecule is CNC(=O)CSc1cc(Cl)ncc1C. The van der Waals surface area contributed by atoms with E-state index in [4.69, 9.17) is 11.6 Å². The summed E-state index contributed by atoms with van der Waals surface area (Å²) in [5, 5.41) is 3.01. The maximum atomic E-state index is 11.0. The first-order chi connectivity index (χ1) is 6.63. The van der Waals surface area contributed by atoms with Crippen LogP contribution < -0.4 is 5.32 Å². The second-order valence-corrected chi connectivity index (χ2v) is 4.14. The van der Waals surface area contributed by atoms with Crippen LogP contribution in [0.4, 0.5) is 0 Å². The van der Waals surface area contributed by atoms with Crippen LogP contribution >= 0.6 is 23.4 Å². The van der Waals surface area contributed by atoms with Crippen LogP contribution in [-0.4, -0.2) is 23.7 Å². The van der Waals surface area contributed by atoms with E-state index in [-0.39, 0.29) is 5.91 Å². The molecule has 1 N–H and O–H groups in total. The Kier molecular flexibility index (Phi) is 4.22. The average molecular weight is 231 g/mol. The zero-order valence-corrected chi connectivity index (χ0v) is 9.58. The lowest BCUT2D eigenvalue weighted by Gasteiger charge is -2.04. The summed E-state index contributed by atoms with van der Waals surface area (Å²) in [6.45, 7) is 1.94. The Hall–Kier alpha value is -0.740. The van der Waals surface area contributed by atoms with E-state index >= 15 is 0 Å². The van der Waals surface area contributed by atoms with Crippen molar-refractivity contribution in [1.82, 2.24) is 10.3 Å². The molecule has 0 atom stereocenters. The molecule has 1 aromatic rings. The van der Waals surface area contributed by atoms with Gasteiger partial charge < -0.3 is 5.32 Å². The molecular formula is C9H11ClN2OS. The molecule has 0 aliphatic heterocycles. The molecule has 0 saturated carbocycles. The van der Waals surface area contributed by atoms with Gasteiger partial charge in [0.1, 0.15) is 5.15 Å². The fourth-order valence-corrected chi connectivity index (χ4v) is 1.98. The number of aromatic nitrogens is 1. The molecule has 14 heavy (non-hydrogen) atoms. The largest absolute Gasteiger partial charge is 0.358 e. The van der Waals surface area contributed by atoms with Crippen molar-refractivity contribution >= 4 is 29.3 Å². The first-order valence-electron chi connectivity index (χ1n) is 4.09. The molecule has 1 amide bonds. The Balaban J connectivity index is 2.66. The molecule has 0 aliphatic carbocycles. The summed E-state index contributed by atoms with van der Waals surface area (Å²) in [4.78, 5) is 15.9. The number of aryl methyl sites for hydroxylation is 1. The fraction of sp³-hybridized carbons (Fsp3) is 0.333. The zero-order chi connectivity index (χ0) is 10.6. The van der Waals surface area contributed by atoms with Crippen molar-refractivity contribution < 1.29 is 4.79 Å². The summed E-state index contributed by atoms with van der Waals surface area (Å²) in [6, 6.07) is 1.77. The lowest BCUT2D eigenvalue weighted by Crippen LogP contribution is -2.19. The molecule has 3 nitrogen and oxygen atoms in total. The van der Waals surface area contributed by atoms with Gasteiger partial charge in [-0.2, -0.15) is 0 Å². The highest BCUT2D eigenvalue weighted by Crippen LogP contribution is 2.23. The summed E-state index contributed by atoms with van der Waals surface area (Å²) in [5.41, 5.74) is 1.03. The van der Waals surface area contributed by atoms with Crippen molar-refractivity contribution in [3.05, 3.63) is 23.0 Å². The predicted molar refractivity (Wildman–Crippen MR) is 58.8 cm³/mol. The lowest BCUT2D eigenvalue weighted by atomic mass is 10.3. The minimum Gasteiger partial charge on any atom is -0.358 e. The van der Waals surface area contributed by atoms with Crippen LogP contribution in [0.15, 0.2) is 17.2 Å². The maximum absolute atomic E-state index is 11.0. The van der Waals surface area contributed by atoms with Crippen molar-refractivity contribution in [3.8, 4) is 0 Å². The zero-order valence-electron chi connectivity index (χ0n) is 8.00. The third kappa shape index (κ3) is 3.20. The molecule has 0 aliphatic rings. The molecule has 0 saturated heterocycles. The average Bonchev–Trinajstić information content (AvgIpc) is 2.19. The van der Waals surface area contributed by atoms with Crippen LogP contribution in [0.3, 0.4) is 0 Å². The summed E-state index contributed by atoms with van der Waals surface area (Å²) in [7, 11) is 1.62. The van der Waals surface area contributed by atoms with Gasteiger partial charge in [-0.05, 0) is 18.6 Å². The van der Waals surface area contributed by atoms with E-state index in [0.29, 0.717) is 10.9 Å². The van der Waals surface area contributed by atoms with E-state index in [1.807, 2.05) is 6.92 Å². The van der Waals surface area contributed by atoms with Gasteiger partial charge in [0, 0.05) is 18.1 Å². The van der Waals surface area contributed by atoms with Crippen LogP contribution in [0.2, 0.25) is 5.15 Å². The summed E-state index contributed by atoms with van der Waals surface area (Å²) < 4.78 is 0. The van der Waals surface area contributed by atoms with Crippen LogP contribution in [0.25, 0.3) is 0 Å². The highest BCUT2D eigenvalue weighted by atomic mass is 35.5. The fourth-order valence-electron chi connectivity index (χ4n) is 0.852. The van der Waals surface area contributed by atoms with E-state index in [0.717, 1.165) is 10.5 Å². The maximum Gasteiger partial charge on any atom is 0.230 e. The third-order valence-electron chi connectivity index (χ3n) is 1.66. The molecule has 1 aromatic heterocycles. The van der Waals surface area contributed by atoms with Crippen molar-refractivity contribution in [3.63, 3.8) is 0 Å². The second-order valence-electron chi connectivity index (χ2n) is 2.73. The van der Waals surface area contributed by atoms with E-state index in [1.165, 1.54) is 11.8 Å². The Bertz CT molecular complexity index is 344. The van der Waals surface area contributed by atoms with Gasteiger partial charge in [-0.15, -0.1) is 11.8 Å². The van der Waals surface area contributed by atoms with Crippen molar-refractivity contribution in [2.75, 3.05) is 12.8 Å². The molecule has 1 rings (SSSR count). The molecule has 0 radical (unpaired) electrons. The van der Waals surface area contributed by atoms with Gasteiger partial charge in [-0.25, -0.2) is 4.98 Å². The normalized spacial score (nSPS) is 9.93. The molecule has 0 bridgehead atoms. The van der Waals surface area contributed by atoms with Crippen LogP contribution in [-0.2, 0) is 4.79 Å². The summed E-state index contributed by atoms with van der Waals surface area (Å²) in [6.07, 6.45) is 1.70. The van der Waals surface area contributed by atoms with E-state index in [2.05, 4.69) is 10.3 Å². The Morgan fingerprint density at radius 1 is 1.71 bits per heavy atom. The van der Waals surface area contributed by atoms with Crippen molar-refractivity contribution in [1.29, 1.82) is 0 Å². The first-order valence-corrected chi connectivity index (χ1v) is 5.45. The van der Waals surface area contributed by atoms with Gasteiger partial charge in [0.05, 0.1) is 5.75 Å². The number of rotatable bonds is 3. The number of halogens is 1. The summed E-state index contributed by atoms with van der Waals surface area (Å²) in [5.74, 6) is 0.403. The van der Waals surface area contributed by atoms with Crippen LogP contribution in [0, 0.1) is 6.92 Å². The van der Waals surface area contributed by atoms with Gasteiger partial charge in [-0.1, -0.05) is 11.6 Å². The molecule has 0 spiro atoms. The Morgan fingerprint density at radius 2 is 2.43 bits per heavy atom. The number of hydrogen-bond donors (Lipinski definition) is 1. The van der Waals surface area contributed by atoms with Gasteiger partial charge in [0.2, 0.25) is 5.91 Å². The molecular weight excluding hydrogens is 220 g/mol. The van der Waals surface area contributed by atoms with Crippen LogP contribution in [0.1, 0.15) is 5.56 Å². The third-order valence-corrected chi connectivity index (χ3v) is 3.02. The van der Waals surface area contributed by atoms with Crippen LogP contribution in [0.5, 0.6) is 0 Å². The first kappa shape index (κ1) is 11.3. The highest BCUT2D eigenvalue weighted by molar-refractivity contribution is 8.00. The Morgan fingerprint density at radius 3 is 3.07 bits per heavy atom.